The summed E-state index contributed by atoms with van der Waals surface area (Å²) in [7, 11) is 3.31. The smallest absolute Gasteiger partial charge is 0.221 e. The fourth-order valence-electron chi connectivity index (χ4n) is 1.83. The van der Waals surface area contributed by atoms with Crippen molar-refractivity contribution in [2.75, 3.05) is 20.6 Å². The molecule has 0 aromatic heterocycles. The predicted octanol–water partition coefficient (Wildman–Crippen LogP) is 1.30. The molecule has 0 bridgehead atoms. The Bertz CT molecular complexity index is 517. The normalized spacial score (nSPS) is 10.7. The zero-order valence-corrected chi connectivity index (χ0v) is 11.9. The van der Waals surface area contributed by atoms with E-state index in [1.54, 1.807) is 19.0 Å². The maximum Gasteiger partial charge on any atom is 0.221 e. The Kier molecular flexibility index (Phi) is 5.64. The number of aromatic hydroxyl groups is 1. The molecule has 0 saturated heterocycles. The molecule has 0 spiro atoms. The van der Waals surface area contributed by atoms with E-state index in [0.717, 1.165) is 6.07 Å². The van der Waals surface area contributed by atoms with Crippen molar-refractivity contribution in [3.05, 3.63) is 29.1 Å². The van der Waals surface area contributed by atoms with E-state index in [0.29, 0.717) is 18.5 Å². The summed E-state index contributed by atoms with van der Waals surface area (Å²) in [6.07, 6.45) is 0.308. The van der Waals surface area contributed by atoms with Gasteiger partial charge in [0.2, 0.25) is 5.91 Å². The van der Waals surface area contributed by atoms with Gasteiger partial charge in [-0.3, -0.25) is 9.59 Å². The van der Waals surface area contributed by atoms with Crippen LogP contribution in [0, 0.1) is 5.82 Å². The third kappa shape index (κ3) is 4.31. The lowest BCUT2D eigenvalue weighted by Gasteiger charge is -2.17. The monoisotopic (exact) mass is 282 g/mol. The van der Waals surface area contributed by atoms with Crippen molar-refractivity contribution in [2.45, 2.75) is 19.9 Å². The van der Waals surface area contributed by atoms with E-state index in [9.17, 15) is 19.1 Å². The van der Waals surface area contributed by atoms with E-state index in [1.807, 2.05) is 0 Å². The molecule has 1 amide bonds. The number of phenolic OH excluding ortho intramolecular Hbond substituents is 1. The van der Waals surface area contributed by atoms with E-state index < -0.39 is 11.6 Å². The lowest BCUT2D eigenvalue weighted by molar-refractivity contribution is -0.120. The van der Waals surface area contributed by atoms with Crippen LogP contribution in [0.3, 0.4) is 0 Å². The minimum absolute atomic E-state index is 0.0281. The number of carbonyl (C=O) groups is 2. The molecule has 1 aromatic carbocycles. The molecule has 1 rings (SSSR count). The van der Waals surface area contributed by atoms with Gasteiger partial charge in [0.25, 0.3) is 0 Å². The molecular formula is C14H19FN2O3. The molecule has 0 atom stereocenters. The van der Waals surface area contributed by atoms with Gasteiger partial charge in [-0.2, -0.15) is 0 Å². The van der Waals surface area contributed by atoms with Crippen molar-refractivity contribution >= 4 is 11.7 Å². The van der Waals surface area contributed by atoms with Crippen LogP contribution in [0.25, 0.3) is 0 Å². The Balaban J connectivity index is 2.81. The molecule has 0 saturated carbocycles. The van der Waals surface area contributed by atoms with Gasteiger partial charge in [-0.15, -0.1) is 0 Å². The van der Waals surface area contributed by atoms with Crippen molar-refractivity contribution in [3.63, 3.8) is 0 Å². The lowest BCUT2D eigenvalue weighted by atomic mass is 10.0. The van der Waals surface area contributed by atoms with Crippen LogP contribution in [0.1, 0.15) is 29.3 Å². The van der Waals surface area contributed by atoms with Gasteiger partial charge in [0.1, 0.15) is 11.6 Å². The molecule has 6 heteroatoms. The largest absolute Gasteiger partial charge is 0.507 e. The topological polar surface area (TPSA) is 69.6 Å². The number of nitrogens with one attached hydrogen (secondary N) is 1. The van der Waals surface area contributed by atoms with Crippen molar-refractivity contribution in [2.24, 2.45) is 0 Å². The molecular weight excluding hydrogens is 263 g/mol. The van der Waals surface area contributed by atoms with Gasteiger partial charge in [-0.1, -0.05) is 0 Å². The highest BCUT2D eigenvalue weighted by molar-refractivity contribution is 5.97. The second-order valence-corrected chi connectivity index (χ2v) is 4.68. The number of Topliss-reactive ketones (excluding diaryl/α,β-unsaturated/α-hetero) is 1. The maximum atomic E-state index is 13.4. The fraction of sp³-hybridized carbons (Fsp3) is 0.429. The first-order valence-electron chi connectivity index (χ1n) is 6.26. The Morgan fingerprint density at radius 3 is 2.60 bits per heavy atom. The van der Waals surface area contributed by atoms with Gasteiger partial charge < -0.3 is 15.3 Å². The van der Waals surface area contributed by atoms with Gasteiger partial charge >= 0.3 is 0 Å². The Morgan fingerprint density at radius 1 is 1.40 bits per heavy atom. The third-order valence-corrected chi connectivity index (χ3v) is 2.97. The second kappa shape index (κ2) is 7.00. The van der Waals surface area contributed by atoms with Gasteiger partial charge in [0.05, 0.1) is 5.56 Å². The Morgan fingerprint density at radius 2 is 2.05 bits per heavy atom. The highest BCUT2D eigenvalue weighted by atomic mass is 19.1. The first-order valence-corrected chi connectivity index (χ1v) is 6.26. The summed E-state index contributed by atoms with van der Waals surface area (Å²) in [6.45, 7) is 1.99. The molecule has 1 aromatic rings. The number of carbonyl (C=O) groups excluding carboxylic acids is 2. The molecule has 0 fully saturated rings. The molecule has 0 aliphatic carbocycles. The number of phenols is 1. The summed E-state index contributed by atoms with van der Waals surface area (Å²) in [5, 5.41) is 12.5. The first-order chi connectivity index (χ1) is 9.35. The van der Waals surface area contributed by atoms with Crippen molar-refractivity contribution in [3.8, 4) is 5.75 Å². The number of rotatable bonds is 6. The molecule has 0 aliphatic heterocycles. The van der Waals surface area contributed by atoms with Crippen LogP contribution in [0.2, 0.25) is 0 Å². The van der Waals surface area contributed by atoms with E-state index in [2.05, 4.69) is 5.32 Å². The summed E-state index contributed by atoms with van der Waals surface area (Å²) in [5.41, 5.74) is 0.300. The van der Waals surface area contributed by atoms with Crippen LogP contribution in [0.4, 0.5) is 4.39 Å². The van der Waals surface area contributed by atoms with Gasteiger partial charge in [-0.25, -0.2) is 4.39 Å². The summed E-state index contributed by atoms with van der Waals surface area (Å²) < 4.78 is 13.4. The molecule has 5 nitrogen and oxygen atoms in total. The number of amides is 1. The zero-order valence-electron chi connectivity index (χ0n) is 11.9. The van der Waals surface area contributed by atoms with Gasteiger partial charge in [0, 0.05) is 32.1 Å². The van der Waals surface area contributed by atoms with E-state index in [1.165, 1.54) is 13.0 Å². The molecule has 2 N–H and O–H groups in total. The van der Waals surface area contributed by atoms with Crippen LogP contribution in [0.5, 0.6) is 5.75 Å². The van der Waals surface area contributed by atoms with Crippen LogP contribution < -0.4 is 5.32 Å². The molecule has 0 unspecified atom stereocenters. The number of hydrogen-bond acceptors (Lipinski definition) is 4. The SMILES string of the molecule is CNC(=O)CCN(C)Cc1cc(F)cc(C(C)=O)c1O. The Hall–Kier alpha value is -1.95. The molecule has 110 valence electrons. The predicted molar refractivity (Wildman–Crippen MR) is 73.1 cm³/mol. The van der Waals surface area contributed by atoms with Gasteiger partial charge in [0.15, 0.2) is 5.78 Å². The summed E-state index contributed by atoms with van der Waals surface area (Å²) >= 11 is 0. The second-order valence-electron chi connectivity index (χ2n) is 4.68. The Labute approximate surface area is 117 Å². The van der Waals surface area contributed by atoms with Crippen molar-refractivity contribution in [1.29, 1.82) is 0 Å². The van der Waals surface area contributed by atoms with Crippen LogP contribution in [-0.2, 0) is 11.3 Å². The average molecular weight is 282 g/mol. The number of halogens is 1. The van der Waals surface area contributed by atoms with Crippen molar-refractivity contribution in [1.82, 2.24) is 10.2 Å². The quantitative estimate of drug-likeness (QED) is 0.772. The summed E-state index contributed by atoms with van der Waals surface area (Å²) in [4.78, 5) is 24.2. The van der Waals surface area contributed by atoms with Crippen LogP contribution in [-0.4, -0.2) is 42.3 Å². The minimum Gasteiger partial charge on any atom is -0.507 e. The molecule has 0 aliphatic rings. The summed E-state index contributed by atoms with van der Waals surface area (Å²) in [6, 6.07) is 2.21. The van der Waals surface area contributed by atoms with Crippen LogP contribution >= 0.6 is 0 Å². The highest BCUT2D eigenvalue weighted by Gasteiger charge is 2.15. The third-order valence-electron chi connectivity index (χ3n) is 2.97. The van der Waals surface area contributed by atoms with E-state index in [-0.39, 0.29) is 23.8 Å². The van der Waals surface area contributed by atoms with Crippen molar-refractivity contribution < 1.29 is 19.1 Å². The van der Waals surface area contributed by atoms with E-state index >= 15 is 0 Å². The zero-order chi connectivity index (χ0) is 15.3. The number of ketones is 1. The number of hydrogen-bond donors (Lipinski definition) is 2. The standard InChI is InChI=1S/C14H19FN2O3/c1-9(18)12-7-11(15)6-10(14(12)20)8-17(3)5-4-13(19)16-2/h6-7,20H,4-5,8H2,1-3H3,(H,16,19). The fourth-order valence-corrected chi connectivity index (χ4v) is 1.83. The first kappa shape index (κ1) is 16.1. The minimum atomic E-state index is -0.567. The number of benzene rings is 1. The van der Waals surface area contributed by atoms with E-state index in [4.69, 9.17) is 0 Å². The summed E-state index contributed by atoms with van der Waals surface area (Å²) in [5.74, 6) is -1.26. The molecule has 0 heterocycles. The molecule has 0 radical (unpaired) electrons. The molecule has 20 heavy (non-hydrogen) atoms. The lowest BCUT2D eigenvalue weighted by Crippen LogP contribution is -2.26. The van der Waals surface area contributed by atoms with Crippen LogP contribution in [0.15, 0.2) is 12.1 Å². The number of nitrogens with zero attached hydrogens (tertiary/aromatic N) is 1. The van der Waals surface area contributed by atoms with Gasteiger partial charge in [-0.05, 0) is 26.1 Å². The highest BCUT2D eigenvalue weighted by Crippen LogP contribution is 2.25. The average Bonchev–Trinajstić information content (AvgIpc) is 2.39. The maximum absolute atomic E-state index is 13.4.